The minimum absolute atomic E-state index is 0.148. The molecular formula is C19H17N5O2. The first-order valence-corrected chi connectivity index (χ1v) is 8.04. The van der Waals surface area contributed by atoms with Crippen molar-refractivity contribution < 1.29 is 9.84 Å². The predicted octanol–water partition coefficient (Wildman–Crippen LogP) is 2.77. The summed E-state index contributed by atoms with van der Waals surface area (Å²) in [6.45, 7) is -0.148. The number of fused-ring (bicyclic) bond motifs is 1. The maximum atomic E-state index is 9.83. The van der Waals surface area contributed by atoms with Crippen molar-refractivity contribution in [3.05, 3.63) is 54.4 Å². The number of hydrogen-bond acceptors (Lipinski definition) is 6. The van der Waals surface area contributed by atoms with E-state index < -0.39 is 0 Å². The molecule has 0 amide bonds. The molecule has 3 heterocycles. The van der Waals surface area contributed by atoms with Crippen LogP contribution in [-0.2, 0) is 6.61 Å². The number of aliphatic hydroxyl groups is 1. The van der Waals surface area contributed by atoms with Gasteiger partial charge in [0.05, 0.1) is 36.0 Å². The molecule has 7 nitrogen and oxygen atoms in total. The molecule has 0 radical (unpaired) electrons. The minimum atomic E-state index is -0.148. The molecule has 0 atom stereocenters. The molecule has 4 rings (SSSR count). The Hall–Kier alpha value is -3.45. The van der Waals surface area contributed by atoms with Gasteiger partial charge < -0.3 is 15.6 Å². The minimum Gasteiger partial charge on any atom is -0.497 e. The molecule has 0 aliphatic rings. The number of anilines is 1. The fraction of sp³-hybridized carbons (Fsp3) is 0.105. The van der Waals surface area contributed by atoms with Crippen molar-refractivity contribution in [3.63, 3.8) is 0 Å². The Labute approximate surface area is 149 Å². The summed E-state index contributed by atoms with van der Waals surface area (Å²) in [4.78, 5) is 8.96. The Morgan fingerprint density at radius 1 is 1.23 bits per heavy atom. The number of nitrogens with two attached hydrogens (primary N) is 1. The number of nitrogens with zero attached hydrogens (tertiary/aromatic N) is 3. The van der Waals surface area contributed by atoms with Crippen LogP contribution in [-0.4, -0.2) is 32.4 Å². The van der Waals surface area contributed by atoms with Gasteiger partial charge in [0.1, 0.15) is 5.75 Å². The predicted molar refractivity (Wildman–Crippen MR) is 99.4 cm³/mol. The maximum absolute atomic E-state index is 9.83. The van der Waals surface area contributed by atoms with Crippen LogP contribution in [0.4, 0.5) is 5.82 Å². The Morgan fingerprint density at radius 2 is 2.12 bits per heavy atom. The molecule has 0 bridgehead atoms. The topological polar surface area (TPSA) is 110 Å². The third-order valence-electron chi connectivity index (χ3n) is 4.27. The van der Waals surface area contributed by atoms with Gasteiger partial charge in [-0.25, -0.2) is 4.98 Å². The second kappa shape index (κ2) is 6.45. The lowest BCUT2D eigenvalue weighted by Crippen LogP contribution is -1.97. The number of methoxy groups -OCH3 is 1. The van der Waals surface area contributed by atoms with E-state index in [1.165, 1.54) is 0 Å². The Kier molecular flexibility index (Phi) is 3.98. The molecule has 1 aromatic carbocycles. The van der Waals surface area contributed by atoms with Crippen LogP contribution >= 0.6 is 0 Å². The molecule has 0 fully saturated rings. The summed E-state index contributed by atoms with van der Waals surface area (Å²) in [5.74, 6) is 1.03. The summed E-state index contributed by atoms with van der Waals surface area (Å²) in [6, 6.07) is 11.2. The summed E-state index contributed by atoms with van der Waals surface area (Å²) in [6.07, 6.45) is 3.46. The molecular weight excluding hydrogens is 330 g/mol. The van der Waals surface area contributed by atoms with Gasteiger partial charge in [-0.15, -0.1) is 0 Å². The summed E-state index contributed by atoms with van der Waals surface area (Å²) >= 11 is 0. The number of aromatic amines is 1. The number of benzene rings is 1. The second-order valence-corrected chi connectivity index (χ2v) is 5.81. The van der Waals surface area contributed by atoms with E-state index in [1.54, 1.807) is 25.6 Å². The van der Waals surface area contributed by atoms with E-state index in [0.29, 0.717) is 22.8 Å². The monoisotopic (exact) mass is 347 g/mol. The van der Waals surface area contributed by atoms with E-state index in [4.69, 9.17) is 15.5 Å². The van der Waals surface area contributed by atoms with Gasteiger partial charge in [0.2, 0.25) is 0 Å². The highest BCUT2D eigenvalue weighted by Gasteiger charge is 2.17. The zero-order valence-corrected chi connectivity index (χ0v) is 14.1. The highest BCUT2D eigenvalue weighted by Crippen LogP contribution is 2.35. The molecule has 3 aromatic heterocycles. The Morgan fingerprint density at radius 3 is 2.85 bits per heavy atom. The van der Waals surface area contributed by atoms with Crippen molar-refractivity contribution in [1.29, 1.82) is 0 Å². The number of H-pyrrole nitrogens is 1. The second-order valence-electron chi connectivity index (χ2n) is 5.81. The van der Waals surface area contributed by atoms with E-state index in [9.17, 15) is 5.11 Å². The molecule has 0 unspecified atom stereocenters. The molecule has 130 valence electrons. The molecule has 4 N–H and O–H groups in total. The first-order valence-electron chi connectivity index (χ1n) is 8.04. The summed E-state index contributed by atoms with van der Waals surface area (Å²) in [7, 11) is 1.59. The van der Waals surface area contributed by atoms with E-state index >= 15 is 0 Å². The highest BCUT2D eigenvalue weighted by molar-refractivity contribution is 6.01. The lowest BCUT2D eigenvalue weighted by atomic mass is 10.00. The third-order valence-corrected chi connectivity index (χ3v) is 4.27. The lowest BCUT2D eigenvalue weighted by Gasteiger charge is -2.12. The maximum Gasteiger partial charge on any atom is 0.155 e. The highest BCUT2D eigenvalue weighted by atomic mass is 16.5. The van der Waals surface area contributed by atoms with Gasteiger partial charge >= 0.3 is 0 Å². The Balaban J connectivity index is 2.01. The molecule has 4 aromatic rings. The van der Waals surface area contributed by atoms with Crippen LogP contribution in [0.5, 0.6) is 5.75 Å². The van der Waals surface area contributed by atoms with Gasteiger partial charge in [-0.05, 0) is 42.0 Å². The zero-order chi connectivity index (χ0) is 18.1. The number of hydrogen-bond donors (Lipinski definition) is 3. The Bertz CT molecular complexity index is 1080. The first-order chi connectivity index (χ1) is 12.7. The number of pyridine rings is 2. The smallest absolute Gasteiger partial charge is 0.155 e. The number of rotatable bonds is 4. The molecule has 0 saturated heterocycles. The van der Waals surface area contributed by atoms with Gasteiger partial charge in [-0.2, -0.15) is 5.10 Å². The fourth-order valence-electron chi connectivity index (χ4n) is 2.98. The summed E-state index contributed by atoms with van der Waals surface area (Å²) < 4.78 is 5.25. The average molecular weight is 347 g/mol. The van der Waals surface area contributed by atoms with Crippen LogP contribution in [0.1, 0.15) is 5.56 Å². The van der Waals surface area contributed by atoms with Crippen LogP contribution in [0.2, 0.25) is 0 Å². The third kappa shape index (κ3) is 2.64. The number of nitrogens with one attached hydrogen (secondary N) is 1. The van der Waals surface area contributed by atoms with E-state index in [-0.39, 0.29) is 6.61 Å². The molecule has 0 spiro atoms. The van der Waals surface area contributed by atoms with Crippen molar-refractivity contribution in [2.75, 3.05) is 12.8 Å². The van der Waals surface area contributed by atoms with Crippen LogP contribution in [0, 0.1) is 0 Å². The quantitative estimate of drug-likeness (QED) is 0.524. The van der Waals surface area contributed by atoms with Gasteiger partial charge in [0.15, 0.2) is 5.82 Å². The zero-order valence-electron chi connectivity index (χ0n) is 14.1. The van der Waals surface area contributed by atoms with Gasteiger partial charge in [-0.1, -0.05) is 0 Å². The summed E-state index contributed by atoms with van der Waals surface area (Å²) in [5.41, 5.74) is 10.6. The van der Waals surface area contributed by atoms with Crippen LogP contribution in [0.3, 0.4) is 0 Å². The van der Waals surface area contributed by atoms with Crippen molar-refractivity contribution in [2.24, 2.45) is 0 Å². The fourth-order valence-corrected chi connectivity index (χ4v) is 2.98. The number of ether oxygens (including phenoxy) is 1. The van der Waals surface area contributed by atoms with Crippen molar-refractivity contribution in [2.45, 2.75) is 6.61 Å². The van der Waals surface area contributed by atoms with Crippen LogP contribution in [0.25, 0.3) is 33.4 Å². The first kappa shape index (κ1) is 16.0. The largest absolute Gasteiger partial charge is 0.497 e. The molecule has 0 aliphatic heterocycles. The van der Waals surface area contributed by atoms with Gasteiger partial charge in [0, 0.05) is 23.5 Å². The SMILES string of the molecule is COc1ccc(-c2nc(-c3cccnc3)cc3[nH]nc(N)c23)c(CO)c1. The van der Waals surface area contributed by atoms with E-state index in [2.05, 4.69) is 15.2 Å². The van der Waals surface area contributed by atoms with Crippen LogP contribution in [0.15, 0.2) is 48.8 Å². The molecule has 0 saturated carbocycles. The van der Waals surface area contributed by atoms with Crippen molar-refractivity contribution in [3.8, 4) is 28.3 Å². The van der Waals surface area contributed by atoms with Gasteiger partial charge in [-0.3, -0.25) is 10.1 Å². The average Bonchev–Trinajstić information content (AvgIpc) is 3.08. The summed E-state index contributed by atoms with van der Waals surface area (Å²) in [5, 5.41) is 17.6. The van der Waals surface area contributed by atoms with Crippen molar-refractivity contribution >= 4 is 16.7 Å². The number of aromatic nitrogens is 4. The van der Waals surface area contributed by atoms with Crippen molar-refractivity contribution in [1.82, 2.24) is 20.2 Å². The van der Waals surface area contributed by atoms with E-state index in [1.807, 2.05) is 30.3 Å². The molecule has 7 heteroatoms. The lowest BCUT2D eigenvalue weighted by molar-refractivity contribution is 0.281. The number of nitrogen functional groups attached to an aromatic ring is 1. The molecule has 26 heavy (non-hydrogen) atoms. The normalized spacial score (nSPS) is 11.0. The van der Waals surface area contributed by atoms with Crippen LogP contribution < -0.4 is 10.5 Å². The molecule has 0 aliphatic carbocycles. The number of aliphatic hydroxyl groups excluding tert-OH is 1. The van der Waals surface area contributed by atoms with Gasteiger partial charge in [0.25, 0.3) is 0 Å². The van der Waals surface area contributed by atoms with E-state index in [0.717, 1.165) is 27.7 Å². The standard InChI is InChI=1S/C19H17N5O2/c1-26-13-4-5-14(12(7-13)10-25)18-17-16(23-24-19(17)20)8-15(22-18)11-3-2-6-21-9-11/h2-9,25H,10H2,1H3,(H3,20,23,24).